The Morgan fingerprint density at radius 2 is 2.00 bits per heavy atom. The maximum absolute atomic E-state index is 12.0. The Hall–Kier alpha value is -2.17. The van der Waals surface area contributed by atoms with Gasteiger partial charge in [0.25, 0.3) is 5.91 Å². The molecule has 0 saturated heterocycles. The Kier molecular flexibility index (Phi) is 4.28. The van der Waals surface area contributed by atoms with Crippen molar-refractivity contribution in [3.8, 4) is 0 Å². The van der Waals surface area contributed by atoms with E-state index in [0.717, 1.165) is 31.0 Å². The summed E-state index contributed by atoms with van der Waals surface area (Å²) < 4.78 is 2.22. The van der Waals surface area contributed by atoms with Gasteiger partial charge in [-0.3, -0.25) is 4.79 Å². The Bertz CT molecular complexity index is 606. The van der Waals surface area contributed by atoms with Crippen LogP contribution in [0, 0.1) is 0 Å². The summed E-state index contributed by atoms with van der Waals surface area (Å²) in [7, 11) is 0. The molecule has 0 radical (unpaired) electrons. The van der Waals surface area contributed by atoms with Crippen molar-refractivity contribution in [2.24, 2.45) is 0 Å². The van der Waals surface area contributed by atoms with Crippen LogP contribution in [0.15, 0.2) is 30.3 Å². The van der Waals surface area contributed by atoms with Gasteiger partial charge in [0.2, 0.25) is 0 Å². The minimum Gasteiger partial charge on any atom is -0.352 e. The van der Waals surface area contributed by atoms with Crippen molar-refractivity contribution < 1.29 is 4.79 Å². The molecule has 0 atom stereocenters. The third-order valence-electron chi connectivity index (χ3n) is 3.86. The highest BCUT2D eigenvalue weighted by atomic mass is 16.1. The number of nitrogens with zero attached hydrogens (tertiary/aromatic N) is 3. The number of carbonyl (C=O) groups is 1. The first-order chi connectivity index (χ1) is 10.3. The fourth-order valence-corrected chi connectivity index (χ4v) is 2.71. The number of hydrogen-bond donors (Lipinski definition) is 1. The lowest BCUT2D eigenvalue weighted by Crippen LogP contribution is -2.26. The van der Waals surface area contributed by atoms with E-state index in [1.54, 1.807) is 0 Å². The summed E-state index contributed by atoms with van der Waals surface area (Å²) in [5.41, 5.74) is 0.692. The predicted octanol–water partition coefficient (Wildman–Crippen LogP) is 1.98. The molecule has 5 heteroatoms. The van der Waals surface area contributed by atoms with Crippen molar-refractivity contribution in [1.29, 1.82) is 0 Å². The third kappa shape index (κ3) is 3.29. The van der Waals surface area contributed by atoms with E-state index < -0.39 is 0 Å². The van der Waals surface area contributed by atoms with E-state index in [-0.39, 0.29) is 5.91 Å². The summed E-state index contributed by atoms with van der Waals surface area (Å²) in [5.74, 6) is 2.04. The topological polar surface area (TPSA) is 59.8 Å². The lowest BCUT2D eigenvalue weighted by atomic mass is 10.2. The number of hydrogen-bond acceptors (Lipinski definition) is 3. The fraction of sp³-hybridized carbons (Fsp3) is 0.438. The maximum Gasteiger partial charge on any atom is 0.251 e. The lowest BCUT2D eigenvalue weighted by molar-refractivity contribution is 0.0954. The lowest BCUT2D eigenvalue weighted by Gasteiger charge is -2.08. The molecule has 0 aliphatic carbocycles. The van der Waals surface area contributed by atoms with E-state index in [0.29, 0.717) is 12.1 Å². The average molecular weight is 284 g/mol. The second-order valence-electron chi connectivity index (χ2n) is 5.37. The van der Waals surface area contributed by atoms with Gasteiger partial charge in [0.1, 0.15) is 11.6 Å². The first-order valence-electron chi connectivity index (χ1n) is 7.59. The van der Waals surface area contributed by atoms with Crippen molar-refractivity contribution in [1.82, 2.24) is 20.1 Å². The van der Waals surface area contributed by atoms with Gasteiger partial charge in [-0.2, -0.15) is 0 Å². The number of aromatic nitrogens is 3. The van der Waals surface area contributed by atoms with Crippen LogP contribution in [0.4, 0.5) is 0 Å². The number of carbonyl (C=O) groups excluding carboxylic acids is 1. The predicted molar refractivity (Wildman–Crippen MR) is 80.1 cm³/mol. The molecule has 2 aromatic rings. The monoisotopic (exact) mass is 284 g/mol. The molecule has 0 spiro atoms. The van der Waals surface area contributed by atoms with E-state index in [1.165, 1.54) is 19.3 Å². The van der Waals surface area contributed by atoms with Gasteiger partial charge in [0.15, 0.2) is 0 Å². The van der Waals surface area contributed by atoms with Crippen LogP contribution in [0.25, 0.3) is 0 Å². The van der Waals surface area contributed by atoms with Gasteiger partial charge in [-0.1, -0.05) is 24.6 Å². The zero-order chi connectivity index (χ0) is 14.5. The minimum atomic E-state index is -0.0359. The molecule has 3 rings (SSSR count). The third-order valence-corrected chi connectivity index (χ3v) is 3.86. The van der Waals surface area contributed by atoms with Crippen LogP contribution in [0.3, 0.4) is 0 Å². The summed E-state index contributed by atoms with van der Waals surface area (Å²) >= 11 is 0. The fourth-order valence-electron chi connectivity index (χ4n) is 2.71. The van der Waals surface area contributed by atoms with E-state index in [9.17, 15) is 4.79 Å². The highest BCUT2D eigenvalue weighted by molar-refractivity contribution is 5.94. The van der Waals surface area contributed by atoms with Crippen molar-refractivity contribution in [3.05, 3.63) is 47.5 Å². The molecular weight excluding hydrogens is 264 g/mol. The Morgan fingerprint density at radius 1 is 1.14 bits per heavy atom. The van der Waals surface area contributed by atoms with Crippen LogP contribution in [0.5, 0.6) is 0 Å². The van der Waals surface area contributed by atoms with E-state index in [1.807, 2.05) is 30.3 Å². The van der Waals surface area contributed by atoms with Crippen molar-refractivity contribution >= 4 is 5.91 Å². The quantitative estimate of drug-likeness (QED) is 0.934. The molecule has 1 aliphatic rings. The van der Waals surface area contributed by atoms with E-state index in [4.69, 9.17) is 0 Å². The van der Waals surface area contributed by atoms with Gasteiger partial charge in [-0.05, 0) is 25.0 Å². The zero-order valence-electron chi connectivity index (χ0n) is 12.1. The van der Waals surface area contributed by atoms with Crippen LogP contribution in [-0.4, -0.2) is 27.2 Å². The molecular formula is C16H20N4O. The largest absolute Gasteiger partial charge is 0.352 e. The summed E-state index contributed by atoms with van der Waals surface area (Å²) in [4.78, 5) is 12.0. The highest BCUT2D eigenvalue weighted by Crippen LogP contribution is 2.14. The first kappa shape index (κ1) is 13.8. The normalized spacial score (nSPS) is 14.3. The van der Waals surface area contributed by atoms with E-state index in [2.05, 4.69) is 20.1 Å². The zero-order valence-corrected chi connectivity index (χ0v) is 12.1. The molecule has 5 nitrogen and oxygen atoms in total. The molecule has 1 N–H and O–H groups in total. The molecule has 0 unspecified atom stereocenters. The standard InChI is InChI=1S/C16H20N4O/c21-16(13-7-3-1-4-8-13)17-11-10-15-19-18-14-9-5-2-6-12-20(14)15/h1,3-4,7-8H,2,5-6,9-12H2,(H,17,21). The summed E-state index contributed by atoms with van der Waals surface area (Å²) in [6.45, 7) is 1.59. The molecule has 1 aromatic heterocycles. The molecule has 2 heterocycles. The van der Waals surface area contributed by atoms with Crippen LogP contribution >= 0.6 is 0 Å². The summed E-state index contributed by atoms with van der Waals surface area (Å²) in [5, 5.41) is 11.5. The minimum absolute atomic E-state index is 0.0359. The van der Waals surface area contributed by atoms with Gasteiger partial charge >= 0.3 is 0 Å². The van der Waals surface area contributed by atoms with Crippen LogP contribution in [0.2, 0.25) is 0 Å². The van der Waals surface area contributed by atoms with Gasteiger partial charge in [-0.25, -0.2) is 0 Å². The van der Waals surface area contributed by atoms with Crippen LogP contribution in [0.1, 0.15) is 41.3 Å². The SMILES string of the molecule is O=C(NCCc1nnc2n1CCCCC2)c1ccccc1. The summed E-state index contributed by atoms with van der Waals surface area (Å²) in [6.07, 6.45) is 5.39. The van der Waals surface area contributed by atoms with Gasteiger partial charge < -0.3 is 9.88 Å². The number of rotatable bonds is 4. The second kappa shape index (κ2) is 6.52. The maximum atomic E-state index is 12.0. The van der Waals surface area contributed by atoms with E-state index >= 15 is 0 Å². The van der Waals surface area contributed by atoms with Crippen molar-refractivity contribution in [2.45, 2.75) is 38.6 Å². The molecule has 1 aromatic carbocycles. The number of amides is 1. The van der Waals surface area contributed by atoms with Gasteiger partial charge in [0.05, 0.1) is 0 Å². The van der Waals surface area contributed by atoms with Crippen LogP contribution in [-0.2, 0) is 19.4 Å². The van der Waals surface area contributed by atoms with Crippen molar-refractivity contribution in [2.75, 3.05) is 6.54 Å². The summed E-state index contributed by atoms with van der Waals surface area (Å²) in [6, 6.07) is 9.28. The van der Waals surface area contributed by atoms with Gasteiger partial charge in [-0.15, -0.1) is 10.2 Å². The molecule has 1 aliphatic heterocycles. The number of fused-ring (bicyclic) bond motifs is 1. The molecule has 0 saturated carbocycles. The highest BCUT2D eigenvalue weighted by Gasteiger charge is 2.14. The smallest absolute Gasteiger partial charge is 0.251 e. The molecule has 110 valence electrons. The number of benzene rings is 1. The van der Waals surface area contributed by atoms with Crippen molar-refractivity contribution in [3.63, 3.8) is 0 Å². The molecule has 21 heavy (non-hydrogen) atoms. The second-order valence-corrected chi connectivity index (χ2v) is 5.37. The molecule has 1 amide bonds. The Labute approximate surface area is 124 Å². The Morgan fingerprint density at radius 3 is 2.86 bits per heavy atom. The van der Waals surface area contributed by atoms with Gasteiger partial charge in [0, 0.05) is 31.5 Å². The number of nitrogens with one attached hydrogen (secondary N) is 1. The van der Waals surface area contributed by atoms with Crippen LogP contribution < -0.4 is 5.32 Å². The Balaban J connectivity index is 1.56. The number of aryl methyl sites for hydroxylation is 1. The first-order valence-corrected chi connectivity index (χ1v) is 7.59. The molecule has 0 bridgehead atoms. The molecule has 0 fully saturated rings. The average Bonchev–Trinajstić information content (AvgIpc) is 2.76.